The third-order valence-electron chi connectivity index (χ3n) is 3.15. The number of nitrogens with zero attached hydrogens (tertiary/aromatic N) is 1. The van der Waals surface area contributed by atoms with Gasteiger partial charge in [0.15, 0.2) is 0 Å². The van der Waals surface area contributed by atoms with Crippen LogP contribution >= 0.6 is 12.4 Å². The highest BCUT2D eigenvalue weighted by atomic mass is 35.5. The molecule has 17 heavy (non-hydrogen) atoms. The third kappa shape index (κ3) is 2.98. The van der Waals surface area contributed by atoms with Gasteiger partial charge in [0.05, 0.1) is 11.2 Å². The van der Waals surface area contributed by atoms with E-state index in [4.69, 9.17) is 10.3 Å². The van der Waals surface area contributed by atoms with Crippen molar-refractivity contribution in [1.82, 2.24) is 10.5 Å². The second kappa shape index (κ2) is 5.06. The van der Waals surface area contributed by atoms with Crippen molar-refractivity contribution in [2.45, 2.75) is 32.2 Å². The summed E-state index contributed by atoms with van der Waals surface area (Å²) in [6, 6.07) is 1.62. The average molecular weight is 260 g/mol. The molecule has 96 valence electrons. The van der Waals surface area contributed by atoms with Gasteiger partial charge in [0, 0.05) is 12.6 Å². The molecule has 5 nitrogen and oxygen atoms in total. The van der Waals surface area contributed by atoms with Crippen molar-refractivity contribution in [1.29, 1.82) is 0 Å². The molecule has 1 aliphatic carbocycles. The Hall–Kier alpha value is -1.07. The van der Waals surface area contributed by atoms with Crippen LogP contribution in [0.3, 0.4) is 0 Å². The lowest BCUT2D eigenvalue weighted by atomic mass is 9.96. The topological polar surface area (TPSA) is 81.2 Å². The molecule has 1 aromatic rings. The standard InChI is InChI=1S/C11H17N3O2.ClH/c1-7-5-9(16-14-7)10(15)13-11(2,6-12)8-3-4-8;/h5,8H,3-4,6,12H2,1-2H3,(H,13,15);1H. The van der Waals surface area contributed by atoms with E-state index in [2.05, 4.69) is 10.5 Å². The van der Waals surface area contributed by atoms with Crippen molar-refractivity contribution in [2.24, 2.45) is 11.7 Å². The molecular weight excluding hydrogens is 242 g/mol. The highest BCUT2D eigenvalue weighted by Gasteiger charge is 2.42. The summed E-state index contributed by atoms with van der Waals surface area (Å²) in [7, 11) is 0. The number of halogens is 1. The predicted octanol–water partition coefficient (Wildman–Crippen LogP) is 1.26. The van der Waals surface area contributed by atoms with Gasteiger partial charge in [0.2, 0.25) is 5.76 Å². The molecule has 1 fully saturated rings. The van der Waals surface area contributed by atoms with Crippen LogP contribution in [-0.2, 0) is 0 Å². The van der Waals surface area contributed by atoms with Crippen molar-refractivity contribution < 1.29 is 9.32 Å². The minimum absolute atomic E-state index is 0. The molecule has 0 aliphatic heterocycles. The van der Waals surface area contributed by atoms with Crippen LogP contribution in [0.2, 0.25) is 0 Å². The molecule has 1 saturated carbocycles. The van der Waals surface area contributed by atoms with Gasteiger partial charge in [-0.1, -0.05) is 5.16 Å². The summed E-state index contributed by atoms with van der Waals surface area (Å²) in [5.74, 6) is 0.503. The molecule has 6 heteroatoms. The van der Waals surface area contributed by atoms with Crippen LogP contribution in [0.25, 0.3) is 0 Å². The van der Waals surface area contributed by atoms with Crippen LogP contribution in [0.15, 0.2) is 10.6 Å². The number of hydrogen-bond acceptors (Lipinski definition) is 4. The molecule has 1 amide bonds. The maximum Gasteiger partial charge on any atom is 0.290 e. The highest BCUT2D eigenvalue weighted by Crippen LogP contribution is 2.39. The van der Waals surface area contributed by atoms with Crippen molar-refractivity contribution in [3.63, 3.8) is 0 Å². The zero-order valence-electron chi connectivity index (χ0n) is 10.0. The van der Waals surface area contributed by atoms with Gasteiger partial charge in [-0.2, -0.15) is 0 Å². The van der Waals surface area contributed by atoms with Crippen molar-refractivity contribution in [3.05, 3.63) is 17.5 Å². The summed E-state index contributed by atoms with van der Waals surface area (Å²) in [5.41, 5.74) is 6.10. The molecule has 1 aromatic heterocycles. The Morgan fingerprint density at radius 2 is 2.35 bits per heavy atom. The van der Waals surface area contributed by atoms with E-state index in [1.807, 2.05) is 6.92 Å². The zero-order valence-corrected chi connectivity index (χ0v) is 10.8. The van der Waals surface area contributed by atoms with Gasteiger partial charge in [-0.15, -0.1) is 12.4 Å². The maximum absolute atomic E-state index is 11.9. The summed E-state index contributed by atoms with van der Waals surface area (Å²) in [4.78, 5) is 11.9. The Bertz CT molecular complexity index is 403. The second-order valence-electron chi connectivity index (χ2n) is 4.68. The van der Waals surface area contributed by atoms with E-state index < -0.39 is 0 Å². The van der Waals surface area contributed by atoms with Gasteiger partial charge < -0.3 is 15.6 Å². The Morgan fingerprint density at radius 3 is 2.76 bits per heavy atom. The Kier molecular flexibility index (Phi) is 4.16. The van der Waals surface area contributed by atoms with Gasteiger partial charge >= 0.3 is 0 Å². The number of hydrogen-bond donors (Lipinski definition) is 2. The lowest BCUT2D eigenvalue weighted by Gasteiger charge is -2.28. The summed E-state index contributed by atoms with van der Waals surface area (Å²) in [6.45, 7) is 4.20. The monoisotopic (exact) mass is 259 g/mol. The summed E-state index contributed by atoms with van der Waals surface area (Å²) < 4.78 is 4.91. The molecule has 3 N–H and O–H groups in total. The molecule has 0 aromatic carbocycles. The first kappa shape index (κ1) is 14.0. The van der Waals surface area contributed by atoms with Crippen LogP contribution in [-0.4, -0.2) is 23.1 Å². The van der Waals surface area contributed by atoms with Crippen molar-refractivity contribution in [3.8, 4) is 0 Å². The number of carbonyl (C=O) groups excluding carboxylic acids is 1. The number of nitrogens with one attached hydrogen (secondary N) is 1. The highest BCUT2D eigenvalue weighted by molar-refractivity contribution is 5.92. The van der Waals surface area contributed by atoms with Crippen LogP contribution in [0, 0.1) is 12.8 Å². The SMILES string of the molecule is Cc1cc(C(=O)NC(C)(CN)C2CC2)on1.Cl. The number of aromatic nitrogens is 1. The van der Waals surface area contributed by atoms with Crippen LogP contribution in [0.1, 0.15) is 36.0 Å². The van der Waals surface area contributed by atoms with Gasteiger partial charge in [-0.25, -0.2) is 0 Å². The smallest absolute Gasteiger partial charge is 0.290 e. The van der Waals surface area contributed by atoms with E-state index in [0.717, 1.165) is 12.8 Å². The zero-order chi connectivity index (χ0) is 11.8. The number of aryl methyl sites for hydroxylation is 1. The van der Waals surface area contributed by atoms with Crippen LogP contribution in [0.5, 0.6) is 0 Å². The lowest BCUT2D eigenvalue weighted by molar-refractivity contribution is 0.0860. The number of rotatable bonds is 4. The first-order valence-corrected chi connectivity index (χ1v) is 5.51. The molecule has 0 bridgehead atoms. The van der Waals surface area contributed by atoms with E-state index in [0.29, 0.717) is 18.2 Å². The van der Waals surface area contributed by atoms with E-state index in [9.17, 15) is 4.79 Å². The van der Waals surface area contributed by atoms with Gasteiger partial charge in [0.25, 0.3) is 5.91 Å². The minimum Gasteiger partial charge on any atom is -0.351 e. The number of nitrogens with two attached hydrogens (primary N) is 1. The molecule has 1 heterocycles. The van der Waals surface area contributed by atoms with Crippen molar-refractivity contribution in [2.75, 3.05) is 6.54 Å². The van der Waals surface area contributed by atoms with E-state index >= 15 is 0 Å². The maximum atomic E-state index is 11.9. The fourth-order valence-corrected chi connectivity index (χ4v) is 1.83. The molecule has 0 saturated heterocycles. The molecule has 0 spiro atoms. The first-order chi connectivity index (χ1) is 7.55. The first-order valence-electron chi connectivity index (χ1n) is 5.51. The Morgan fingerprint density at radius 1 is 1.71 bits per heavy atom. The molecule has 2 rings (SSSR count). The molecule has 1 aliphatic rings. The number of carbonyl (C=O) groups is 1. The molecule has 0 radical (unpaired) electrons. The van der Waals surface area contributed by atoms with Crippen LogP contribution in [0.4, 0.5) is 0 Å². The lowest BCUT2D eigenvalue weighted by Crippen LogP contribution is -2.53. The molecule has 1 atom stereocenters. The molecular formula is C11H18ClN3O2. The Labute approximate surface area is 107 Å². The average Bonchev–Trinajstić information content (AvgIpc) is 3.02. The number of amides is 1. The largest absolute Gasteiger partial charge is 0.351 e. The van der Waals surface area contributed by atoms with Crippen LogP contribution < -0.4 is 11.1 Å². The Balaban J connectivity index is 0.00000144. The van der Waals surface area contributed by atoms with Gasteiger partial charge in [-0.3, -0.25) is 4.79 Å². The van der Waals surface area contributed by atoms with E-state index in [1.54, 1.807) is 13.0 Å². The quantitative estimate of drug-likeness (QED) is 0.853. The van der Waals surface area contributed by atoms with Crippen molar-refractivity contribution >= 4 is 18.3 Å². The van der Waals surface area contributed by atoms with Gasteiger partial charge in [-0.05, 0) is 32.6 Å². The summed E-state index contributed by atoms with van der Waals surface area (Å²) in [5, 5.41) is 6.62. The summed E-state index contributed by atoms with van der Waals surface area (Å²) >= 11 is 0. The normalized spacial score (nSPS) is 18.1. The fourth-order valence-electron chi connectivity index (χ4n) is 1.83. The van der Waals surface area contributed by atoms with E-state index in [-0.39, 0.29) is 29.6 Å². The summed E-state index contributed by atoms with van der Waals surface area (Å²) in [6.07, 6.45) is 2.26. The minimum atomic E-state index is -0.322. The fraction of sp³-hybridized carbons (Fsp3) is 0.636. The van der Waals surface area contributed by atoms with E-state index in [1.165, 1.54) is 0 Å². The second-order valence-corrected chi connectivity index (χ2v) is 4.68. The molecule has 1 unspecified atom stereocenters. The predicted molar refractivity (Wildman–Crippen MR) is 66.1 cm³/mol. The van der Waals surface area contributed by atoms with Gasteiger partial charge in [0.1, 0.15) is 0 Å². The third-order valence-corrected chi connectivity index (χ3v) is 3.15.